The highest BCUT2D eigenvalue weighted by atomic mass is 16.2. The van der Waals surface area contributed by atoms with Gasteiger partial charge in [0.05, 0.1) is 0 Å². The van der Waals surface area contributed by atoms with Crippen molar-refractivity contribution in [2.75, 3.05) is 78.5 Å². The molecule has 0 bridgehead atoms. The molecule has 5 aromatic rings. The third kappa shape index (κ3) is 4.91. The maximum Gasteiger partial charge on any atom is 0.261 e. The lowest BCUT2D eigenvalue weighted by atomic mass is 9.82. The average Bonchev–Trinajstić information content (AvgIpc) is 3.09. The smallest absolute Gasteiger partial charge is 0.261 e. The van der Waals surface area contributed by atoms with Gasteiger partial charge in [0.1, 0.15) is 0 Å². The Morgan fingerprint density at radius 3 is 0.917 bits per heavy atom. The van der Waals surface area contributed by atoms with Crippen LogP contribution < -0.4 is 22.9 Å². The predicted octanol–water partition coefficient (Wildman–Crippen LogP) is 1.37. The monoisotopic (exact) mass is 648 g/mol. The zero-order valence-corrected chi connectivity index (χ0v) is 26.8. The number of hydrogen-bond acceptors (Lipinski definition) is 10. The number of rotatable bonds is 14. The number of hydrogen-bond donors (Lipinski definition) is 4. The van der Waals surface area contributed by atoms with Crippen LogP contribution in [0.5, 0.6) is 0 Å². The molecule has 0 saturated heterocycles. The Bertz CT molecular complexity index is 1830. The van der Waals surface area contributed by atoms with Crippen molar-refractivity contribution in [3.8, 4) is 0 Å². The summed E-state index contributed by atoms with van der Waals surface area (Å²) in [6.07, 6.45) is 0. The highest BCUT2D eigenvalue weighted by molar-refractivity contribution is 6.41. The molecule has 48 heavy (non-hydrogen) atoms. The minimum Gasteiger partial charge on any atom is -0.329 e. The minimum atomic E-state index is -0.333. The molecule has 0 spiro atoms. The fourth-order valence-electron chi connectivity index (χ4n) is 7.66. The lowest BCUT2D eigenvalue weighted by molar-refractivity contribution is 0.0578. The summed E-state index contributed by atoms with van der Waals surface area (Å²) in [7, 11) is 0. The highest BCUT2D eigenvalue weighted by Gasteiger charge is 2.37. The van der Waals surface area contributed by atoms with Crippen molar-refractivity contribution < 1.29 is 19.2 Å². The molecule has 0 aromatic heterocycles. The van der Waals surface area contributed by atoms with Gasteiger partial charge in [0, 0.05) is 112 Å². The SMILES string of the molecule is NCCN(CCN)CCN1C(=O)c2ccc3c4ccc5c6c(ccc(c7ccc(c2c37)C1=O)c64)C(=O)N(CCN(CCN)CCN)C5=O. The van der Waals surface area contributed by atoms with Crippen LogP contribution in [-0.4, -0.2) is 122 Å². The molecule has 2 heterocycles. The quantitative estimate of drug-likeness (QED) is 0.0779. The van der Waals surface area contributed by atoms with Crippen LogP contribution in [0.2, 0.25) is 0 Å². The maximum atomic E-state index is 13.9. The topological polar surface area (TPSA) is 185 Å². The molecule has 0 radical (unpaired) electrons. The van der Waals surface area contributed by atoms with Crippen LogP contribution in [0.15, 0.2) is 48.5 Å². The van der Waals surface area contributed by atoms with Crippen molar-refractivity contribution in [3.05, 3.63) is 70.8 Å². The van der Waals surface area contributed by atoms with E-state index in [4.69, 9.17) is 22.9 Å². The van der Waals surface area contributed by atoms with Crippen LogP contribution in [0.4, 0.5) is 0 Å². The van der Waals surface area contributed by atoms with Gasteiger partial charge in [-0.2, -0.15) is 0 Å². The molecule has 2 aliphatic heterocycles. The third-order valence-corrected chi connectivity index (χ3v) is 9.86. The van der Waals surface area contributed by atoms with Gasteiger partial charge < -0.3 is 22.9 Å². The van der Waals surface area contributed by atoms with Crippen LogP contribution in [0.3, 0.4) is 0 Å². The Morgan fingerprint density at radius 1 is 0.396 bits per heavy atom. The van der Waals surface area contributed by atoms with Gasteiger partial charge in [-0.15, -0.1) is 0 Å². The second-order valence-corrected chi connectivity index (χ2v) is 12.5. The normalized spacial score (nSPS) is 14.9. The number of benzene rings is 5. The number of carbonyl (C=O) groups excluding carboxylic acids is 4. The van der Waals surface area contributed by atoms with E-state index in [1.165, 1.54) is 9.80 Å². The summed E-state index contributed by atoms with van der Waals surface area (Å²) in [5.74, 6) is -1.33. The minimum absolute atomic E-state index is 0.229. The predicted molar refractivity (Wildman–Crippen MR) is 187 cm³/mol. The van der Waals surface area contributed by atoms with Gasteiger partial charge in [-0.3, -0.25) is 38.8 Å². The summed E-state index contributed by atoms with van der Waals surface area (Å²) in [5.41, 5.74) is 24.9. The third-order valence-electron chi connectivity index (χ3n) is 9.86. The standard InChI is InChI=1S/C36H40N8O4/c37-9-13-41(14-10-38)17-19-43-33(45)25-5-1-21-22-2-6-27-32-28(36(48)44(35(27)47)20-18-42(15-11-39)16-12-40)8-4-24(30(22)32)23-3-7-26(34(43)46)31(25)29(21)23/h1-8H,9-20,37-40H2. The Hall–Kier alpha value is -4.56. The van der Waals surface area contributed by atoms with Crippen LogP contribution in [-0.2, 0) is 0 Å². The second kappa shape index (κ2) is 12.8. The van der Waals surface area contributed by atoms with E-state index in [2.05, 4.69) is 9.80 Å². The molecular formula is C36H40N8O4. The van der Waals surface area contributed by atoms with Crippen molar-refractivity contribution in [1.29, 1.82) is 0 Å². The van der Waals surface area contributed by atoms with Crippen molar-refractivity contribution in [1.82, 2.24) is 19.6 Å². The molecule has 4 amide bonds. The number of carbonyl (C=O) groups is 4. The van der Waals surface area contributed by atoms with Gasteiger partial charge in [-0.25, -0.2) is 0 Å². The summed E-state index contributed by atoms with van der Waals surface area (Å²) < 4.78 is 0. The van der Waals surface area contributed by atoms with Crippen molar-refractivity contribution in [2.45, 2.75) is 0 Å². The van der Waals surface area contributed by atoms with E-state index in [9.17, 15) is 19.2 Å². The second-order valence-electron chi connectivity index (χ2n) is 12.5. The molecule has 248 valence electrons. The number of imide groups is 2. The fourth-order valence-corrected chi connectivity index (χ4v) is 7.66. The molecular weight excluding hydrogens is 608 g/mol. The lowest BCUT2D eigenvalue weighted by Crippen LogP contribution is -2.46. The summed E-state index contributed by atoms with van der Waals surface area (Å²) in [6, 6.07) is 14.8. The fraction of sp³-hybridized carbons (Fsp3) is 0.333. The summed E-state index contributed by atoms with van der Waals surface area (Å²) in [6.45, 7) is 5.73. The number of fused-ring (bicyclic) bond motifs is 2. The molecule has 0 aliphatic carbocycles. The molecule has 8 N–H and O–H groups in total. The van der Waals surface area contributed by atoms with E-state index in [0.717, 1.165) is 32.3 Å². The van der Waals surface area contributed by atoms with Crippen LogP contribution in [0, 0.1) is 0 Å². The average molecular weight is 649 g/mol. The van der Waals surface area contributed by atoms with Crippen molar-refractivity contribution >= 4 is 66.7 Å². The van der Waals surface area contributed by atoms with Crippen molar-refractivity contribution in [3.63, 3.8) is 0 Å². The maximum absolute atomic E-state index is 13.9. The van der Waals surface area contributed by atoms with Crippen molar-refractivity contribution in [2.24, 2.45) is 22.9 Å². The summed E-state index contributed by atoms with van der Waals surface area (Å²) in [5, 5.41) is 6.34. The number of amides is 4. The Kier molecular flexibility index (Phi) is 8.54. The van der Waals surface area contributed by atoms with E-state index >= 15 is 0 Å². The first-order chi connectivity index (χ1) is 23.3. The summed E-state index contributed by atoms with van der Waals surface area (Å²) >= 11 is 0. The first-order valence-electron chi connectivity index (χ1n) is 16.5. The molecule has 0 atom stereocenters. The van der Waals surface area contributed by atoms with E-state index in [1.807, 2.05) is 24.3 Å². The Labute approximate surface area is 277 Å². The van der Waals surface area contributed by atoms with Gasteiger partial charge >= 0.3 is 0 Å². The molecule has 12 nitrogen and oxygen atoms in total. The molecule has 12 heteroatoms. The molecule has 7 rings (SSSR count). The molecule has 0 unspecified atom stereocenters. The lowest BCUT2D eigenvalue weighted by Gasteiger charge is -2.31. The van der Waals surface area contributed by atoms with Crippen LogP contribution in [0.1, 0.15) is 41.4 Å². The van der Waals surface area contributed by atoms with E-state index in [1.54, 1.807) is 24.3 Å². The first-order valence-corrected chi connectivity index (χ1v) is 16.5. The molecule has 5 aromatic carbocycles. The highest BCUT2D eigenvalue weighted by Crippen LogP contribution is 2.46. The van der Waals surface area contributed by atoms with Crippen LogP contribution >= 0.6 is 0 Å². The van der Waals surface area contributed by atoms with Gasteiger partial charge in [0.15, 0.2) is 0 Å². The Balaban J connectivity index is 1.32. The number of nitrogens with two attached hydrogens (primary N) is 4. The van der Waals surface area contributed by atoms with E-state index in [0.29, 0.717) is 98.5 Å². The summed E-state index contributed by atoms with van der Waals surface area (Å²) in [4.78, 5) is 62.2. The van der Waals surface area contributed by atoms with Gasteiger partial charge in [0.25, 0.3) is 23.6 Å². The largest absolute Gasteiger partial charge is 0.329 e. The number of nitrogens with zero attached hydrogens (tertiary/aromatic N) is 4. The molecule has 2 aliphatic rings. The first kappa shape index (κ1) is 32.0. The van der Waals surface area contributed by atoms with E-state index in [-0.39, 0.29) is 36.7 Å². The molecule has 0 saturated carbocycles. The molecule has 0 fully saturated rings. The van der Waals surface area contributed by atoms with Gasteiger partial charge in [0.2, 0.25) is 0 Å². The van der Waals surface area contributed by atoms with E-state index < -0.39 is 0 Å². The zero-order valence-electron chi connectivity index (χ0n) is 26.8. The van der Waals surface area contributed by atoms with Gasteiger partial charge in [-0.05, 0) is 56.6 Å². The van der Waals surface area contributed by atoms with Crippen LogP contribution in [0.25, 0.3) is 43.1 Å². The van der Waals surface area contributed by atoms with Gasteiger partial charge in [-0.1, -0.05) is 24.3 Å². The Morgan fingerprint density at radius 2 is 0.667 bits per heavy atom. The zero-order chi connectivity index (χ0) is 33.7.